The molecule has 0 heterocycles. The van der Waals surface area contributed by atoms with E-state index in [4.69, 9.17) is 0 Å². The predicted octanol–water partition coefficient (Wildman–Crippen LogP) is 10.4. The van der Waals surface area contributed by atoms with Crippen LogP contribution in [0.5, 0.6) is 0 Å². The van der Waals surface area contributed by atoms with Gasteiger partial charge in [-0.05, 0) is 62.6 Å². The number of hydrogen-bond acceptors (Lipinski definition) is 3. The van der Waals surface area contributed by atoms with E-state index in [1.165, 1.54) is 33.1 Å². The van der Waals surface area contributed by atoms with E-state index < -0.39 is 17.3 Å². The highest BCUT2D eigenvalue weighted by Crippen LogP contribution is 2.41. The van der Waals surface area contributed by atoms with Gasteiger partial charge in [0.15, 0.2) is 0 Å². The Morgan fingerprint density at radius 3 is 1.81 bits per heavy atom. The van der Waals surface area contributed by atoms with Crippen molar-refractivity contribution >= 4 is 17.2 Å². The number of aliphatic hydroxyl groups is 1. The number of benzene rings is 1. The lowest BCUT2D eigenvalue weighted by Gasteiger charge is -2.22. The summed E-state index contributed by atoms with van der Waals surface area (Å²) in [6, 6.07) is 2.55. The normalized spacial score (nSPS) is 14.2. The first kappa shape index (κ1) is 37.5. The molecule has 0 radical (unpaired) electrons. The van der Waals surface area contributed by atoms with E-state index in [2.05, 4.69) is 32.7 Å². The molecule has 0 bridgehead atoms. The van der Waals surface area contributed by atoms with E-state index >= 15 is 0 Å². The Morgan fingerprint density at radius 1 is 1.05 bits per heavy atom. The van der Waals surface area contributed by atoms with Gasteiger partial charge >= 0.3 is 6.18 Å². The second-order valence-corrected chi connectivity index (χ2v) is 11.5. The van der Waals surface area contributed by atoms with Crippen LogP contribution in [0.4, 0.5) is 18.9 Å². The maximum Gasteiger partial charge on any atom is 0.418 e. The number of ketones is 1. The molecule has 1 N–H and O–H groups in total. The topological polar surface area (TPSA) is 49.7 Å². The van der Waals surface area contributed by atoms with Crippen LogP contribution in [-0.4, -0.2) is 16.6 Å². The van der Waals surface area contributed by atoms with Crippen molar-refractivity contribution in [3.63, 3.8) is 0 Å². The zero-order valence-corrected chi connectivity index (χ0v) is 25.6. The summed E-state index contributed by atoms with van der Waals surface area (Å²) in [5, 5.41) is 9.96. The lowest BCUT2D eigenvalue weighted by atomic mass is 9.88. The molecule has 0 aliphatic heterocycles. The average Bonchev–Trinajstić information content (AvgIpc) is 2.73. The Balaban J connectivity index is 0. The third-order valence-corrected chi connectivity index (χ3v) is 5.74. The number of aryl methyl sites for hydroxylation is 1. The van der Waals surface area contributed by atoms with Gasteiger partial charge in [-0.3, -0.25) is 9.79 Å². The number of rotatable bonds is 6. The average molecular weight is 530 g/mol. The highest BCUT2D eigenvalue weighted by molar-refractivity contribution is 5.85. The van der Waals surface area contributed by atoms with Crippen molar-refractivity contribution in [2.75, 3.05) is 0 Å². The molecule has 216 valence electrons. The zero-order valence-electron chi connectivity index (χ0n) is 25.6. The van der Waals surface area contributed by atoms with Gasteiger partial charge in [0.2, 0.25) is 0 Å². The largest absolute Gasteiger partial charge is 0.418 e. The fourth-order valence-electron chi connectivity index (χ4n) is 3.43. The van der Waals surface area contributed by atoms with Gasteiger partial charge in [0.1, 0.15) is 5.78 Å². The highest BCUT2D eigenvalue weighted by Gasteiger charge is 2.36. The molecular weight excluding hydrogens is 475 g/mol. The maximum atomic E-state index is 13.3. The van der Waals surface area contributed by atoms with Crippen LogP contribution in [0.25, 0.3) is 0 Å². The van der Waals surface area contributed by atoms with Gasteiger partial charge in [0, 0.05) is 18.6 Å². The summed E-state index contributed by atoms with van der Waals surface area (Å²) in [6.07, 6.45) is 2.83. The SMILES string of the molecule is CC.CC1CCC1.CCC(=O)CC(C)(C)C.CCCC(C)=Nc1c(C)cc(C(C)(C)O)cc1C(F)(F)F. The van der Waals surface area contributed by atoms with Gasteiger partial charge in [-0.25, -0.2) is 0 Å². The van der Waals surface area contributed by atoms with E-state index in [0.717, 1.165) is 18.4 Å². The molecule has 37 heavy (non-hydrogen) atoms. The van der Waals surface area contributed by atoms with Crippen LogP contribution < -0.4 is 0 Å². The third kappa shape index (κ3) is 16.7. The summed E-state index contributed by atoms with van der Waals surface area (Å²) < 4.78 is 39.8. The minimum absolute atomic E-state index is 0.0542. The number of hydrogen-bond donors (Lipinski definition) is 1. The Labute approximate surface area is 225 Å². The standard InChI is InChI=1S/C16H22F3NO.C8H16O.C5H10.C2H6/c1-6-7-11(3)20-14-10(2)8-12(15(4,5)21)9-13(14)16(17,18)19;1-5-7(9)6-8(2,3)4;1-5-3-2-4-5;1-2/h8-9,21H,6-7H2,1-5H3;5-6H2,1-4H3;5H,2-4H2,1H3;1-2H3. The third-order valence-electron chi connectivity index (χ3n) is 5.74. The molecule has 0 atom stereocenters. The highest BCUT2D eigenvalue weighted by atomic mass is 19.4. The number of aliphatic imine (C=N–C) groups is 1. The van der Waals surface area contributed by atoms with Gasteiger partial charge in [0.05, 0.1) is 16.9 Å². The number of carbonyl (C=O) groups is 1. The molecule has 1 fully saturated rings. The summed E-state index contributed by atoms with van der Waals surface area (Å²) in [4.78, 5) is 15.0. The van der Waals surface area contributed by atoms with Crippen LogP contribution in [0.15, 0.2) is 17.1 Å². The lowest BCUT2D eigenvalue weighted by molar-refractivity contribution is -0.137. The Kier molecular flexibility index (Phi) is 17.2. The first-order valence-corrected chi connectivity index (χ1v) is 13.8. The van der Waals surface area contributed by atoms with E-state index in [9.17, 15) is 23.1 Å². The smallest absolute Gasteiger partial charge is 0.386 e. The molecule has 1 aliphatic carbocycles. The molecule has 1 saturated carbocycles. The molecule has 0 amide bonds. The van der Waals surface area contributed by atoms with Crippen LogP contribution in [0.1, 0.15) is 138 Å². The number of alkyl halides is 3. The molecule has 1 aromatic carbocycles. The summed E-state index contributed by atoms with van der Waals surface area (Å²) in [5.41, 5.74) is -0.686. The van der Waals surface area contributed by atoms with Crippen LogP contribution >= 0.6 is 0 Å². The molecule has 0 spiro atoms. The van der Waals surface area contributed by atoms with Gasteiger partial charge in [-0.1, -0.05) is 87.1 Å². The molecule has 2 rings (SSSR count). The summed E-state index contributed by atoms with van der Waals surface area (Å²) in [7, 11) is 0. The van der Waals surface area contributed by atoms with Crippen molar-refractivity contribution < 1.29 is 23.1 Å². The Hall–Kier alpha value is -1.69. The van der Waals surface area contributed by atoms with Crippen LogP contribution in [0.2, 0.25) is 0 Å². The van der Waals surface area contributed by atoms with Crippen molar-refractivity contribution in [1.82, 2.24) is 0 Å². The monoisotopic (exact) mass is 529 g/mol. The second kappa shape index (κ2) is 17.0. The van der Waals surface area contributed by atoms with E-state index in [1.54, 1.807) is 19.9 Å². The van der Waals surface area contributed by atoms with Crippen molar-refractivity contribution in [2.24, 2.45) is 16.3 Å². The number of carbonyl (C=O) groups excluding carboxylic acids is 1. The Morgan fingerprint density at radius 2 is 1.54 bits per heavy atom. The fraction of sp³-hybridized carbons (Fsp3) is 0.742. The zero-order chi connectivity index (χ0) is 29.6. The molecule has 0 aromatic heterocycles. The number of Topliss-reactive ketones (excluding diaryl/α,β-unsaturated/α-hetero) is 1. The minimum atomic E-state index is -4.50. The molecule has 1 aromatic rings. The van der Waals surface area contributed by atoms with Gasteiger partial charge < -0.3 is 5.11 Å². The first-order valence-electron chi connectivity index (χ1n) is 13.8. The molecule has 0 saturated heterocycles. The molecule has 1 aliphatic rings. The minimum Gasteiger partial charge on any atom is -0.386 e. The summed E-state index contributed by atoms with van der Waals surface area (Å²) >= 11 is 0. The van der Waals surface area contributed by atoms with Crippen molar-refractivity contribution in [2.45, 2.75) is 140 Å². The van der Waals surface area contributed by atoms with Gasteiger partial charge in [0.25, 0.3) is 0 Å². The molecule has 3 nitrogen and oxygen atoms in total. The van der Waals surface area contributed by atoms with Crippen LogP contribution in [0, 0.1) is 18.3 Å². The Bertz CT molecular complexity index is 825. The second-order valence-electron chi connectivity index (χ2n) is 11.5. The summed E-state index contributed by atoms with van der Waals surface area (Å²) in [5.74, 6) is 1.43. The van der Waals surface area contributed by atoms with E-state index in [0.29, 0.717) is 36.3 Å². The molecular formula is C31H54F3NO2. The van der Waals surface area contributed by atoms with Crippen molar-refractivity contribution in [1.29, 1.82) is 0 Å². The summed E-state index contributed by atoms with van der Waals surface area (Å²) in [6.45, 7) is 22.7. The van der Waals surface area contributed by atoms with Gasteiger partial charge in [-0.15, -0.1) is 0 Å². The van der Waals surface area contributed by atoms with Gasteiger partial charge in [-0.2, -0.15) is 13.2 Å². The molecule has 0 unspecified atom stereocenters. The first-order chi connectivity index (χ1) is 16.8. The quantitative estimate of drug-likeness (QED) is 0.373. The van der Waals surface area contributed by atoms with Crippen molar-refractivity contribution in [3.05, 3.63) is 28.8 Å². The van der Waals surface area contributed by atoms with E-state index in [-0.39, 0.29) is 16.7 Å². The number of nitrogens with zero attached hydrogens (tertiary/aromatic N) is 1. The lowest BCUT2D eigenvalue weighted by Crippen LogP contribution is -2.18. The number of halogens is 3. The maximum absolute atomic E-state index is 13.3. The van der Waals surface area contributed by atoms with Crippen LogP contribution in [-0.2, 0) is 16.6 Å². The predicted molar refractivity (Wildman–Crippen MR) is 153 cm³/mol. The van der Waals surface area contributed by atoms with Crippen LogP contribution in [0.3, 0.4) is 0 Å². The molecule has 6 heteroatoms. The van der Waals surface area contributed by atoms with Crippen molar-refractivity contribution in [3.8, 4) is 0 Å². The van der Waals surface area contributed by atoms with E-state index in [1.807, 2.05) is 27.7 Å². The fourth-order valence-corrected chi connectivity index (χ4v) is 3.43.